The maximum Gasteiger partial charge on any atom is 0.334 e. The molecule has 3 nitrogen and oxygen atoms in total. The third kappa shape index (κ3) is 7.25. The van der Waals surface area contributed by atoms with Crippen LogP contribution < -0.4 is 0 Å². The van der Waals surface area contributed by atoms with Gasteiger partial charge in [0.1, 0.15) is 0 Å². The number of hydrogen-bond donors (Lipinski definition) is 0. The normalized spacial score (nSPS) is 27.0. The van der Waals surface area contributed by atoms with Gasteiger partial charge in [-0.3, -0.25) is 0 Å². The maximum atomic E-state index is 6.10. The van der Waals surface area contributed by atoms with Gasteiger partial charge in [0, 0.05) is 13.2 Å². The molecule has 3 atom stereocenters. The number of epoxide rings is 1. The fourth-order valence-corrected chi connectivity index (χ4v) is 6.34. The lowest BCUT2D eigenvalue weighted by molar-refractivity contribution is 0.172. The van der Waals surface area contributed by atoms with Crippen molar-refractivity contribution in [1.82, 2.24) is 0 Å². The zero-order chi connectivity index (χ0) is 16.5. The Labute approximate surface area is 144 Å². The van der Waals surface area contributed by atoms with Crippen molar-refractivity contribution in [2.24, 2.45) is 5.92 Å². The van der Waals surface area contributed by atoms with E-state index in [-0.39, 0.29) is 0 Å². The Hall–Kier alpha value is 0.0969. The summed E-state index contributed by atoms with van der Waals surface area (Å²) in [5.74, 6) is 0.944. The molecule has 2 aliphatic rings. The molecular weight excluding hydrogens is 304 g/mol. The third-order valence-electron chi connectivity index (χ3n) is 5.33. The monoisotopic (exact) mass is 342 g/mol. The molecule has 23 heavy (non-hydrogen) atoms. The van der Waals surface area contributed by atoms with E-state index < -0.39 is 8.56 Å². The van der Waals surface area contributed by atoms with Crippen LogP contribution in [0.15, 0.2) is 0 Å². The molecule has 0 radical (unpaired) electrons. The van der Waals surface area contributed by atoms with Crippen LogP contribution in [0.4, 0.5) is 0 Å². The van der Waals surface area contributed by atoms with Gasteiger partial charge in [0.25, 0.3) is 0 Å². The van der Waals surface area contributed by atoms with Crippen molar-refractivity contribution in [1.29, 1.82) is 0 Å². The Morgan fingerprint density at radius 3 is 2.26 bits per heavy atom. The molecule has 0 bridgehead atoms. The first-order valence-corrected chi connectivity index (χ1v) is 12.6. The summed E-state index contributed by atoms with van der Waals surface area (Å²) in [6, 6.07) is 1.16. The average molecular weight is 343 g/mol. The van der Waals surface area contributed by atoms with Gasteiger partial charge in [0.15, 0.2) is 0 Å². The molecule has 2 fully saturated rings. The zero-order valence-corrected chi connectivity index (χ0v) is 16.6. The summed E-state index contributed by atoms with van der Waals surface area (Å²) in [4.78, 5) is 0. The highest BCUT2D eigenvalue weighted by molar-refractivity contribution is 6.66. The largest absolute Gasteiger partial charge is 0.394 e. The van der Waals surface area contributed by atoms with Crippen LogP contribution in [0.1, 0.15) is 78.1 Å². The van der Waals surface area contributed by atoms with Crippen molar-refractivity contribution in [3.8, 4) is 0 Å². The van der Waals surface area contributed by atoms with Crippen LogP contribution in [0.3, 0.4) is 0 Å². The van der Waals surface area contributed by atoms with Gasteiger partial charge in [-0.05, 0) is 50.6 Å². The molecule has 2 rings (SSSR count). The fourth-order valence-electron chi connectivity index (χ4n) is 3.80. The number of ether oxygens (including phenoxy) is 1. The highest BCUT2D eigenvalue weighted by atomic mass is 28.4. The predicted octanol–water partition coefficient (Wildman–Crippen LogP) is 5.43. The van der Waals surface area contributed by atoms with E-state index in [1.54, 1.807) is 0 Å². The van der Waals surface area contributed by atoms with Crippen LogP contribution in [0, 0.1) is 5.92 Å². The molecule has 0 aromatic carbocycles. The van der Waals surface area contributed by atoms with Crippen LogP contribution >= 0.6 is 0 Å². The first-order chi connectivity index (χ1) is 11.2. The van der Waals surface area contributed by atoms with Gasteiger partial charge in [0.05, 0.1) is 12.2 Å². The van der Waals surface area contributed by atoms with Crippen molar-refractivity contribution < 1.29 is 13.6 Å². The van der Waals surface area contributed by atoms with E-state index in [4.69, 9.17) is 13.6 Å². The fraction of sp³-hybridized carbons (Fsp3) is 1.00. The minimum Gasteiger partial charge on any atom is -0.394 e. The van der Waals surface area contributed by atoms with Crippen molar-refractivity contribution in [3.63, 3.8) is 0 Å². The van der Waals surface area contributed by atoms with Crippen molar-refractivity contribution >= 4 is 8.56 Å². The number of unbranched alkanes of at least 4 members (excludes halogenated alkanes) is 3. The Kier molecular flexibility index (Phi) is 8.59. The lowest BCUT2D eigenvalue weighted by atomic mass is 9.85. The number of hydrogen-bond acceptors (Lipinski definition) is 3. The summed E-state index contributed by atoms with van der Waals surface area (Å²) in [5, 5.41) is 0. The summed E-state index contributed by atoms with van der Waals surface area (Å²) in [6.45, 7) is 8.33. The summed E-state index contributed by atoms with van der Waals surface area (Å²) >= 11 is 0. The van der Waals surface area contributed by atoms with E-state index in [1.165, 1.54) is 51.4 Å². The lowest BCUT2D eigenvalue weighted by Gasteiger charge is -2.27. The molecule has 0 N–H and O–H groups in total. The van der Waals surface area contributed by atoms with E-state index in [1.807, 2.05) is 0 Å². The molecule has 136 valence electrons. The summed E-state index contributed by atoms with van der Waals surface area (Å²) < 4.78 is 17.8. The smallest absolute Gasteiger partial charge is 0.334 e. The van der Waals surface area contributed by atoms with Crippen LogP contribution in [0.5, 0.6) is 0 Å². The molecule has 1 saturated carbocycles. The van der Waals surface area contributed by atoms with E-state index in [0.29, 0.717) is 12.2 Å². The number of rotatable bonds is 13. The Morgan fingerprint density at radius 1 is 0.913 bits per heavy atom. The Bertz CT molecular complexity index is 316. The van der Waals surface area contributed by atoms with E-state index in [0.717, 1.165) is 38.0 Å². The van der Waals surface area contributed by atoms with Gasteiger partial charge >= 0.3 is 8.56 Å². The number of fused-ring (bicyclic) bond motifs is 1. The van der Waals surface area contributed by atoms with Crippen LogP contribution in [0.25, 0.3) is 0 Å². The molecular formula is C19H38O3Si. The van der Waals surface area contributed by atoms with Gasteiger partial charge < -0.3 is 13.6 Å². The molecule has 0 aromatic rings. The highest BCUT2D eigenvalue weighted by Crippen LogP contribution is 2.41. The molecule has 1 saturated heterocycles. The summed E-state index contributed by atoms with van der Waals surface area (Å²) in [5.41, 5.74) is 0. The average Bonchev–Trinajstić information content (AvgIpc) is 3.33. The van der Waals surface area contributed by atoms with Gasteiger partial charge in [-0.2, -0.15) is 0 Å². The van der Waals surface area contributed by atoms with Gasteiger partial charge in [-0.25, -0.2) is 0 Å². The second kappa shape index (κ2) is 10.2. The summed E-state index contributed by atoms with van der Waals surface area (Å²) in [6.07, 6.45) is 14.3. The van der Waals surface area contributed by atoms with Crippen molar-refractivity contribution in [2.75, 3.05) is 13.2 Å². The molecule has 4 heteroatoms. The van der Waals surface area contributed by atoms with Crippen LogP contribution in [0.2, 0.25) is 12.6 Å². The van der Waals surface area contributed by atoms with E-state index >= 15 is 0 Å². The zero-order valence-electron chi connectivity index (χ0n) is 15.6. The topological polar surface area (TPSA) is 31.0 Å². The quantitative estimate of drug-likeness (QED) is 0.254. The molecule has 0 aromatic heterocycles. The molecule has 0 amide bonds. The highest BCUT2D eigenvalue weighted by Gasteiger charge is 2.43. The molecule has 1 heterocycles. The van der Waals surface area contributed by atoms with E-state index in [9.17, 15) is 0 Å². The molecule has 3 unspecified atom stereocenters. The lowest BCUT2D eigenvalue weighted by Crippen LogP contribution is -2.39. The second-order valence-electron chi connectivity index (χ2n) is 7.68. The first-order valence-electron chi connectivity index (χ1n) is 10.1. The molecule has 1 aliphatic carbocycles. The maximum absolute atomic E-state index is 6.10. The Balaban J connectivity index is 1.51. The van der Waals surface area contributed by atoms with Crippen molar-refractivity contribution in [2.45, 2.75) is 103 Å². The first kappa shape index (κ1) is 19.4. The summed E-state index contributed by atoms with van der Waals surface area (Å²) in [7, 11) is -1.90. The Morgan fingerprint density at radius 2 is 1.61 bits per heavy atom. The van der Waals surface area contributed by atoms with E-state index in [2.05, 4.69) is 20.4 Å². The van der Waals surface area contributed by atoms with Crippen molar-refractivity contribution in [3.05, 3.63) is 0 Å². The molecule has 1 aliphatic heterocycles. The van der Waals surface area contributed by atoms with Gasteiger partial charge in [0.2, 0.25) is 0 Å². The van der Waals surface area contributed by atoms with Gasteiger partial charge in [-0.15, -0.1) is 0 Å². The standard InChI is InChI=1S/C19H38O3Si/c1-4-13-20-23(3,21-14-5-2)15-9-7-6-8-10-17-11-12-18-19(16-17)22-18/h17-19H,4-16H2,1-3H3. The second-order valence-corrected chi connectivity index (χ2v) is 11.0. The third-order valence-corrected chi connectivity index (χ3v) is 8.22. The molecule has 0 spiro atoms. The minimum atomic E-state index is -1.90. The van der Waals surface area contributed by atoms with Crippen LogP contribution in [-0.4, -0.2) is 34.0 Å². The minimum absolute atomic E-state index is 0.645. The predicted molar refractivity (Wildman–Crippen MR) is 98.0 cm³/mol. The van der Waals surface area contributed by atoms with Gasteiger partial charge in [-0.1, -0.05) is 46.0 Å². The van der Waals surface area contributed by atoms with Crippen LogP contribution in [-0.2, 0) is 13.6 Å². The SMILES string of the molecule is CCCO[Si](C)(CCCCCCC1CCC2OC2C1)OCCC.